The summed E-state index contributed by atoms with van der Waals surface area (Å²) in [5.74, 6) is 0. The van der Waals surface area contributed by atoms with E-state index in [0.717, 1.165) is 59.4 Å². The van der Waals surface area contributed by atoms with Gasteiger partial charge in [-0.3, -0.25) is 9.89 Å². The molecule has 1 saturated heterocycles. The van der Waals surface area contributed by atoms with Crippen LogP contribution in [0.3, 0.4) is 0 Å². The number of nitrogens with two attached hydrogens (primary N) is 1. The molecule has 7 heteroatoms. The highest BCUT2D eigenvalue weighted by molar-refractivity contribution is 6.20. The normalized spacial score (nSPS) is 20.1. The minimum absolute atomic E-state index is 0.125. The van der Waals surface area contributed by atoms with Crippen molar-refractivity contribution in [2.24, 2.45) is 17.8 Å². The van der Waals surface area contributed by atoms with Crippen LogP contribution < -0.4 is 11.1 Å². The summed E-state index contributed by atoms with van der Waals surface area (Å²) in [6.07, 6.45) is 5.63. The van der Waals surface area contributed by atoms with Crippen LogP contribution in [-0.4, -0.2) is 46.1 Å². The average Bonchev–Trinajstić information content (AvgIpc) is 3.19. The maximum absolute atomic E-state index is 9.18. The first-order chi connectivity index (χ1) is 15.1. The average molecular weight is 412 g/mol. The monoisotopic (exact) mass is 411 g/mol. The van der Waals surface area contributed by atoms with Crippen LogP contribution in [0.5, 0.6) is 0 Å². The lowest BCUT2D eigenvalue weighted by Gasteiger charge is -2.37. The van der Waals surface area contributed by atoms with Crippen molar-refractivity contribution < 1.29 is 0 Å². The number of aliphatic imine (C=N–C) groups is 1. The van der Waals surface area contributed by atoms with E-state index >= 15 is 0 Å². The molecule has 3 aromatic rings. The molecule has 0 amide bonds. The van der Waals surface area contributed by atoms with Crippen LogP contribution in [0.25, 0.3) is 22.3 Å². The predicted molar refractivity (Wildman–Crippen MR) is 123 cm³/mol. The fraction of sp³-hybridized carbons (Fsp3) is 0.292. The van der Waals surface area contributed by atoms with Gasteiger partial charge in [-0.2, -0.15) is 5.26 Å². The zero-order valence-corrected chi connectivity index (χ0v) is 17.5. The SMILES string of the molecule is Cn1cnc2cc(C3=C(c4ccc(C#N)cc4)NC(N4CCC(N)CC4)N=C3)ccc21. The van der Waals surface area contributed by atoms with Crippen molar-refractivity contribution in [1.82, 2.24) is 19.8 Å². The first kappa shape index (κ1) is 19.5. The van der Waals surface area contributed by atoms with E-state index in [0.29, 0.717) is 5.56 Å². The number of nitrogens with zero attached hydrogens (tertiary/aromatic N) is 5. The van der Waals surface area contributed by atoms with Gasteiger partial charge in [0.15, 0.2) is 6.29 Å². The van der Waals surface area contributed by atoms with Gasteiger partial charge in [0, 0.05) is 38.0 Å². The molecule has 0 aliphatic carbocycles. The quantitative estimate of drug-likeness (QED) is 0.691. The second kappa shape index (κ2) is 7.99. The molecule has 3 heterocycles. The van der Waals surface area contributed by atoms with Gasteiger partial charge in [-0.05, 0) is 48.2 Å². The van der Waals surface area contributed by atoms with E-state index in [-0.39, 0.29) is 12.3 Å². The number of allylic oxidation sites excluding steroid dienone is 1. The number of fused-ring (bicyclic) bond motifs is 1. The van der Waals surface area contributed by atoms with E-state index in [9.17, 15) is 5.26 Å². The Morgan fingerprint density at radius 2 is 1.84 bits per heavy atom. The molecule has 1 fully saturated rings. The van der Waals surface area contributed by atoms with E-state index < -0.39 is 0 Å². The molecular weight excluding hydrogens is 386 g/mol. The van der Waals surface area contributed by atoms with Crippen LogP contribution in [-0.2, 0) is 7.05 Å². The Morgan fingerprint density at radius 1 is 1.10 bits per heavy atom. The molecule has 0 bridgehead atoms. The van der Waals surface area contributed by atoms with Crippen molar-refractivity contribution in [3.8, 4) is 6.07 Å². The highest BCUT2D eigenvalue weighted by Gasteiger charge is 2.27. The maximum Gasteiger partial charge on any atom is 0.176 e. The van der Waals surface area contributed by atoms with E-state index in [1.54, 1.807) is 0 Å². The summed E-state index contributed by atoms with van der Waals surface area (Å²) in [4.78, 5) is 11.7. The standard InChI is InChI=1S/C24H25N7/c1-30-15-28-21-12-18(6-7-22(21)30)20-14-27-24(31-10-8-19(26)9-11-31)29-23(20)17-4-2-16(13-25)3-5-17/h2-7,12,14-15,19,24,29H,8-11,26H2,1H3. The third-order valence-electron chi connectivity index (χ3n) is 6.15. The predicted octanol–water partition coefficient (Wildman–Crippen LogP) is 2.69. The minimum Gasteiger partial charge on any atom is -0.350 e. The molecule has 7 nitrogen and oxygen atoms in total. The topological polar surface area (TPSA) is 95.3 Å². The second-order valence-corrected chi connectivity index (χ2v) is 8.21. The van der Waals surface area contributed by atoms with Gasteiger partial charge in [0.1, 0.15) is 0 Å². The van der Waals surface area contributed by atoms with Crippen molar-refractivity contribution >= 4 is 28.5 Å². The molecule has 0 saturated carbocycles. The summed E-state index contributed by atoms with van der Waals surface area (Å²) in [5.41, 5.74) is 12.9. The first-order valence-electron chi connectivity index (χ1n) is 10.6. The molecule has 2 aliphatic heterocycles. The highest BCUT2D eigenvalue weighted by Crippen LogP contribution is 2.29. The number of nitriles is 1. The van der Waals surface area contributed by atoms with E-state index in [4.69, 9.17) is 10.7 Å². The number of aromatic nitrogens is 2. The molecule has 3 N–H and O–H groups in total. The number of aryl methyl sites for hydroxylation is 1. The molecule has 1 aromatic heterocycles. The Bertz CT molecular complexity index is 1200. The fourth-order valence-corrected chi connectivity index (χ4v) is 4.28. The van der Waals surface area contributed by atoms with E-state index in [1.807, 2.05) is 48.4 Å². The molecule has 2 aromatic carbocycles. The smallest absolute Gasteiger partial charge is 0.176 e. The third kappa shape index (κ3) is 3.72. The Labute approximate surface area is 181 Å². The summed E-state index contributed by atoms with van der Waals surface area (Å²) < 4.78 is 2.01. The molecule has 1 unspecified atom stereocenters. The summed E-state index contributed by atoms with van der Waals surface area (Å²) in [6, 6.07) is 16.4. The van der Waals surface area contributed by atoms with Gasteiger partial charge in [-0.25, -0.2) is 4.98 Å². The Balaban J connectivity index is 1.55. The summed E-state index contributed by atoms with van der Waals surface area (Å²) in [6.45, 7) is 1.85. The van der Waals surface area contributed by atoms with Crippen LogP contribution >= 0.6 is 0 Å². The number of nitrogens with one attached hydrogen (secondary N) is 1. The molecule has 0 spiro atoms. The lowest BCUT2D eigenvalue weighted by molar-refractivity contribution is 0.145. The Hall–Kier alpha value is -3.47. The molecule has 5 rings (SSSR count). The fourth-order valence-electron chi connectivity index (χ4n) is 4.28. The number of likely N-dealkylation sites (tertiary alicyclic amines) is 1. The summed E-state index contributed by atoms with van der Waals surface area (Å²) in [7, 11) is 2.00. The highest BCUT2D eigenvalue weighted by atomic mass is 15.4. The molecule has 0 radical (unpaired) electrons. The Morgan fingerprint density at radius 3 is 2.58 bits per heavy atom. The molecule has 31 heavy (non-hydrogen) atoms. The van der Waals surface area contributed by atoms with Crippen LogP contribution in [0.4, 0.5) is 0 Å². The van der Waals surface area contributed by atoms with Crippen molar-refractivity contribution in [2.45, 2.75) is 25.2 Å². The number of piperidine rings is 1. The number of hydrogen-bond donors (Lipinski definition) is 2. The van der Waals surface area contributed by atoms with Gasteiger partial charge >= 0.3 is 0 Å². The van der Waals surface area contributed by atoms with Crippen LogP contribution in [0.2, 0.25) is 0 Å². The van der Waals surface area contributed by atoms with Gasteiger partial charge in [-0.15, -0.1) is 0 Å². The van der Waals surface area contributed by atoms with Crippen molar-refractivity contribution in [3.63, 3.8) is 0 Å². The molecule has 2 aliphatic rings. The third-order valence-corrected chi connectivity index (χ3v) is 6.15. The second-order valence-electron chi connectivity index (χ2n) is 8.21. The van der Waals surface area contributed by atoms with Crippen molar-refractivity contribution in [1.29, 1.82) is 5.26 Å². The van der Waals surface area contributed by atoms with Gasteiger partial charge in [0.05, 0.1) is 34.7 Å². The minimum atomic E-state index is -0.125. The van der Waals surface area contributed by atoms with Gasteiger partial charge < -0.3 is 15.6 Å². The van der Waals surface area contributed by atoms with E-state index in [2.05, 4.69) is 39.5 Å². The zero-order chi connectivity index (χ0) is 21.4. The van der Waals surface area contributed by atoms with Crippen LogP contribution in [0.1, 0.15) is 29.5 Å². The number of rotatable bonds is 3. The zero-order valence-electron chi connectivity index (χ0n) is 17.5. The van der Waals surface area contributed by atoms with Crippen LogP contribution in [0, 0.1) is 11.3 Å². The lowest BCUT2D eigenvalue weighted by Crippen LogP contribution is -2.50. The van der Waals surface area contributed by atoms with Gasteiger partial charge in [-0.1, -0.05) is 18.2 Å². The molecule has 1 atom stereocenters. The number of benzene rings is 2. The summed E-state index contributed by atoms with van der Waals surface area (Å²) >= 11 is 0. The van der Waals surface area contributed by atoms with Gasteiger partial charge in [0.2, 0.25) is 0 Å². The largest absolute Gasteiger partial charge is 0.350 e. The molecular formula is C24H25N7. The van der Waals surface area contributed by atoms with Gasteiger partial charge in [0.25, 0.3) is 0 Å². The molecule has 156 valence electrons. The lowest BCUT2D eigenvalue weighted by atomic mass is 9.98. The van der Waals surface area contributed by atoms with Crippen molar-refractivity contribution in [3.05, 3.63) is 65.5 Å². The number of hydrogen-bond acceptors (Lipinski definition) is 6. The number of imidazole rings is 1. The van der Waals surface area contributed by atoms with Crippen LogP contribution in [0.15, 0.2) is 53.8 Å². The van der Waals surface area contributed by atoms with Crippen molar-refractivity contribution in [2.75, 3.05) is 13.1 Å². The first-order valence-corrected chi connectivity index (χ1v) is 10.6. The maximum atomic E-state index is 9.18. The Kier molecular flexibility index (Phi) is 5.02. The summed E-state index contributed by atoms with van der Waals surface area (Å²) in [5, 5.41) is 12.8. The van der Waals surface area contributed by atoms with E-state index in [1.165, 1.54) is 0 Å².